The Labute approximate surface area is 231 Å². The van der Waals surface area contributed by atoms with Gasteiger partial charge >= 0.3 is 0 Å². The van der Waals surface area contributed by atoms with Crippen molar-refractivity contribution < 1.29 is 0 Å². The molecule has 0 saturated heterocycles. The normalized spacial score (nSPS) is 14.5. The van der Waals surface area contributed by atoms with Gasteiger partial charge in [-0.25, -0.2) is 0 Å². The van der Waals surface area contributed by atoms with Gasteiger partial charge in [0.15, 0.2) is 0 Å². The highest BCUT2D eigenvalue weighted by Crippen LogP contribution is 2.38. The Morgan fingerprint density at radius 3 is 1.38 bits per heavy atom. The molecule has 0 aromatic heterocycles. The van der Waals surface area contributed by atoms with E-state index in [0.29, 0.717) is 5.92 Å². The lowest BCUT2D eigenvalue weighted by Gasteiger charge is -2.30. The van der Waals surface area contributed by atoms with Crippen LogP contribution in [-0.2, 0) is 0 Å². The first-order valence-corrected chi connectivity index (χ1v) is 13.6. The zero-order valence-corrected chi connectivity index (χ0v) is 22.2. The van der Waals surface area contributed by atoms with Crippen LogP contribution in [0.5, 0.6) is 0 Å². The van der Waals surface area contributed by atoms with Gasteiger partial charge in [0.2, 0.25) is 0 Å². The Hall–Kier alpha value is -4.82. The van der Waals surface area contributed by atoms with E-state index in [0.717, 1.165) is 34.9 Å². The molecule has 6 rings (SSSR count). The van der Waals surface area contributed by atoms with Crippen LogP contribution in [0.25, 0.3) is 11.1 Å². The van der Waals surface area contributed by atoms with Crippen molar-refractivity contribution in [1.82, 2.24) is 0 Å². The summed E-state index contributed by atoms with van der Waals surface area (Å²) in [6.45, 7) is 2.26. The smallest absolute Gasteiger partial charge is 0.0463 e. The SMILES string of the molecule is CC1C=CC(N(c2ccccc2)c2ccc(N(c3ccccc3)c3ccc(-c4ccccc4)cc3)cc2)=CC1. The maximum Gasteiger partial charge on any atom is 0.0463 e. The summed E-state index contributed by atoms with van der Waals surface area (Å²) in [5.74, 6) is 0.571. The Bertz CT molecular complexity index is 1550. The third-order valence-electron chi connectivity index (χ3n) is 7.18. The van der Waals surface area contributed by atoms with E-state index in [1.165, 1.54) is 16.8 Å². The van der Waals surface area contributed by atoms with E-state index in [1.807, 2.05) is 0 Å². The molecule has 0 fully saturated rings. The van der Waals surface area contributed by atoms with E-state index in [-0.39, 0.29) is 0 Å². The van der Waals surface area contributed by atoms with Gasteiger partial charge < -0.3 is 9.80 Å². The minimum atomic E-state index is 0.571. The largest absolute Gasteiger partial charge is 0.311 e. The van der Waals surface area contributed by atoms with Crippen LogP contribution in [0.15, 0.2) is 163 Å². The predicted molar refractivity (Wildman–Crippen MR) is 166 cm³/mol. The summed E-state index contributed by atoms with van der Waals surface area (Å²) in [5.41, 5.74) is 9.32. The lowest BCUT2D eigenvalue weighted by atomic mass is 10.0. The second-order valence-corrected chi connectivity index (χ2v) is 9.97. The van der Waals surface area contributed by atoms with Gasteiger partial charge in [-0.3, -0.25) is 0 Å². The van der Waals surface area contributed by atoms with Gasteiger partial charge in [-0.15, -0.1) is 0 Å². The molecule has 0 heterocycles. The summed E-state index contributed by atoms with van der Waals surface area (Å²) in [7, 11) is 0. The van der Waals surface area contributed by atoms with Crippen LogP contribution in [0.3, 0.4) is 0 Å². The van der Waals surface area contributed by atoms with Crippen molar-refractivity contribution in [3.63, 3.8) is 0 Å². The molecule has 5 aromatic carbocycles. The molecule has 1 aliphatic carbocycles. The van der Waals surface area contributed by atoms with Gasteiger partial charge in [0.05, 0.1) is 0 Å². The molecule has 190 valence electrons. The summed E-state index contributed by atoms with van der Waals surface area (Å²) >= 11 is 0. The monoisotopic (exact) mass is 504 g/mol. The highest BCUT2D eigenvalue weighted by atomic mass is 15.2. The highest BCUT2D eigenvalue weighted by Gasteiger charge is 2.17. The molecule has 0 radical (unpaired) electrons. The van der Waals surface area contributed by atoms with Crippen LogP contribution in [0.4, 0.5) is 28.4 Å². The van der Waals surface area contributed by atoms with E-state index in [1.54, 1.807) is 0 Å². The van der Waals surface area contributed by atoms with Crippen molar-refractivity contribution in [2.24, 2.45) is 5.92 Å². The summed E-state index contributed by atoms with van der Waals surface area (Å²) in [6, 6.07) is 49.4. The Morgan fingerprint density at radius 1 is 0.462 bits per heavy atom. The lowest BCUT2D eigenvalue weighted by molar-refractivity contribution is 0.728. The molecule has 1 atom stereocenters. The molecule has 1 aliphatic rings. The van der Waals surface area contributed by atoms with Crippen LogP contribution in [0, 0.1) is 5.92 Å². The molecule has 0 saturated carbocycles. The molecule has 1 unspecified atom stereocenters. The quantitative estimate of drug-likeness (QED) is 0.217. The van der Waals surface area contributed by atoms with E-state index in [4.69, 9.17) is 0 Å². The maximum atomic E-state index is 2.34. The van der Waals surface area contributed by atoms with Crippen LogP contribution >= 0.6 is 0 Å². The molecular weight excluding hydrogens is 472 g/mol. The lowest BCUT2D eigenvalue weighted by Crippen LogP contribution is -2.17. The zero-order chi connectivity index (χ0) is 26.4. The number of allylic oxidation sites excluding steroid dienone is 3. The van der Waals surface area contributed by atoms with Gasteiger partial charge in [0.25, 0.3) is 0 Å². The standard InChI is InChI=1S/C37H32N2/c1-29-17-21-34(22-18-29)38(32-13-7-3-8-14-32)36-25-27-37(28-26-36)39(33-15-9-4-10-16-33)35-23-19-31(20-24-35)30-11-5-2-6-12-30/h2-17,19-29H,18H2,1H3. The molecule has 2 heteroatoms. The van der Waals surface area contributed by atoms with E-state index < -0.39 is 0 Å². The van der Waals surface area contributed by atoms with Gasteiger partial charge in [-0.2, -0.15) is 0 Å². The Morgan fingerprint density at radius 2 is 0.872 bits per heavy atom. The van der Waals surface area contributed by atoms with Crippen molar-refractivity contribution in [1.29, 1.82) is 0 Å². The molecule has 5 aromatic rings. The number of anilines is 5. The highest BCUT2D eigenvalue weighted by molar-refractivity contribution is 5.80. The number of hydrogen-bond donors (Lipinski definition) is 0. The van der Waals surface area contributed by atoms with Crippen molar-refractivity contribution in [3.05, 3.63) is 163 Å². The van der Waals surface area contributed by atoms with Gasteiger partial charge in [-0.05, 0) is 90.2 Å². The number of rotatable bonds is 7. The molecule has 0 spiro atoms. The molecular formula is C37H32N2. The summed E-state index contributed by atoms with van der Waals surface area (Å²) < 4.78 is 0. The van der Waals surface area contributed by atoms with Crippen LogP contribution in [0.1, 0.15) is 13.3 Å². The van der Waals surface area contributed by atoms with E-state index in [2.05, 4.69) is 174 Å². The summed E-state index contributed by atoms with van der Waals surface area (Å²) in [6.07, 6.45) is 7.94. The first-order chi connectivity index (χ1) is 19.3. The van der Waals surface area contributed by atoms with Crippen LogP contribution < -0.4 is 9.80 Å². The van der Waals surface area contributed by atoms with Crippen LogP contribution in [0.2, 0.25) is 0 Å². The first-order valence-electron chi connectivity index (χ1n) is 13.6. The summed E-state index contributed by atoms with van der Waals surface area (Å²) in [5, 5.41) is 0. The molecule has 0 aliphatic heterocycles. The Kier molecular flexibility index (Phi) is 7.09. The van der Waals surface area contributed by atoms with Gasteiger partial charge in [0, 0.05) is 34.1 Å². The number of benzene rings is 5. The molecule has 39 heavy (non-hydrogen) atoms. The third-order valence-corrected chi connectivity index (χ3v) is 7.18. The van der Waals surface area contributed by atoms with Crippen molar-refractivity contribution >= 4 is 28.4 Å². The van der Waals surface area contributed by atoms with E-state index >= 15 is 0 Å². The van der Waals surface area contributed by atoms with Crippen molar-refractivity contribution in [3.8, 4) is 11.1 Å². The fraction of sp³-hybridized carbons (Fsp3) is 0.0811. The van der Waals surface area contributed by atoms with Gasteiger partial charge in [0.1, 0.15) is 0 Å². The molecule has 0 amide bonds. The minimum Gasteiger partial charge on any atom is -0.311 e. The predicted octanol–water partition coefficient (Wildman–Crippen LogP) is 10.4. The second kappa shape index (κ2) is 11.3. The van der Waals surface area contributed by atoms with Crippen LogP contribution in [-0.4, -0.2) is 0 Å². The number of hydrogen-bond acceptors (Lipinski definition) is 2. The zero-order valence-electron chi connectivity index (χ0n) is 22.2. The van der Waals surface area contributed by atoms with Crippen molar-refractivity contribution in [2.75, 3.05) is 9.80 Å². The second-order valence-electron chi connectivity index (χ2n) is 9.97. The fourth-order valence-electron chi connectivity index (χ4n) is 5.11. The molecule has 2 nitrogen and oxygen atoms in total. The van der Waals surface area contributed by atoms with Gasteiger partial charge in [-0.1, -0.05) is 97.9 Å². The molecule has 0 N–H and O–H groups in total. The average molecular weight is 505 g/mol. The Balaban J connectivity index is 1.37. The van der Waals surface area contributed by atoms with E-state index in [9.17, 15) is 0 Å². The average Bonchev–Trinajstić information content (AvgIpc) is 3.01. The maximum absolute atomic E-state index is 2.34. The topological polar surface area (TPSA) is 6.48 Å². The number of para-hydroxylation sites is 2. The summed E-state index contributed by atoms with van der Waals surface area (Å²) in [4.78, 5) is 4.65. The number of nitrogens with zero attached hydrogens (tertiary/aromatic N) is 2. The minimum absolute atomic E-state index is 0.571. The third kappa shape index (κ3) is 5.42. The first kappa shape index (κ1) is 24.5. The fourth-order valence-corrected chi connectivity index (χ4v) is 5.11. The van der Waals surface area contributed by atoms with Crippen molar-refractivity contribution in [2.45, 2.75) is 13.3 Å². The molecule has 0 bridgehead atoms.